The normalized spacial score (nSPS) is 19.9. The van der Waals surface area contributed by atoms with Crippen LogP contribution in [0.1, 0.15) is 20.8 Å². The summed E-state index contributed by atoms with van der Waals surface area (Å²) in [4.78, 5) is 2.56. The summed E-state index contributed by atoms with van der Waals surface area (Å²) in [7, 11) is 0. The maximum absolute atomic E-state index is 3.52. The molecule has 0 bridgehead atoms. The molecule has 1 rings (SSSR count). The second-order valence-corrected chi connectivity index (χ2v) is 6.42. The summed E-state index contributed by atoms with van der Waals surface area (Å²) < 4.78 is 0. The third kappa shape index (κ3) is 5.89. The number of thioether (sulfide) groups is 1. The molecule has 0 aromatic heterocycles. The fourth-order valence-corrected chi connectivity index (χ4v) is 2.50. The highest BCUT2D eigenvalue weighted by Gasteiger charge is 2.11. The van der Waals surface area contributed by atoms with E-state index in [4.69, 9.17) is 0 Å². The first kappa shape index (κ1) is 12.3. The van der Waals surface area contributed by atoms with Crippen molar-refractivity contribution >= 4 is 11.8 Å². The Bertz CT molecular complexity index is 148. The number of rotatable bonds is 4. The molecule has 2 nitrogen and oxygen atoms in total. The average molecular weight is 216 g/mol. The van der Waals surface area contributed by atoms with Crippen molar-refractivity contribution in [3.63, 3.8) is 0 Å². The summed E-state index contributed by atoms with van der Waals surface area (Å²) in [5, 5.41) is 3.52. The van der Waals surface area contributed by atoms with Gasteiger partial charge in [0.15, 0.2) is 0 Å². The third-order valence-corrected chi connectivity index (χ3v) is 3.31. The third-order valence-electron chi connectivity index (χ3n) is 2.36. The van der Waals surface area contributed by atoms with Crippen LogP contribution < -0.4 is 5.32 Å². The molecule has 0 aliphatic carbocycles. The molecule has 0 unspecified atom stereocenters. The molecule has 0 saturated carbocycles. The van der Waals surface area contributed by atoms with Crippen LogP contribution in [0.3, 0.4) is 0 Å². The molecule has 0 amide bonds. The fraction of sp³-hybridized carbons (Fsp3) is 1.00. The van der Waals surface area contributed by atoms with Gasteiger partial charge in [0.1, 0.15) is 0 Å². The Balaban J connectivity index is 1.97. The molecule has 84 valence electrons. The Hall–Kier alpha value is 0.270. The molecule has 1 heterocycles. The van der Waals surface area contributed by atoms with Gasteiger partial charge in [-0.1, -0.05) is 20.8 Å². The summed E-state index contributed by atoms with van der Waals surface area (Å²) in [6, 6.07) is 0. The molecule has 0 spiro atoms. The molecule has 1 aliphatic rings. The minimum atomic E-state index is 0.414. The van der Waals surface area contributed by atoms with Gasteiger partial charge in [-0.15, -0.1) is 0 Å². The van der Waals surface area contributed by atoms with Gasteiger partial charge in [0.25, 0.3) is 0 Å². The zero-order chi connectivity index (χ0) is 10.4. The highest BCUT2D eigenvalue weighted by molar-refractivity contribution is 7.99. The van der Waals surface area contributed by atoms with Gasteiger partial charge < -0.3 is 10.2 Å². The second kappa shape index (κ2) is 5.99. The highest BCUT2D eigenvalue weighted by atomic mass is 32.2. The Morgan fingerprint density at radius 1 is 1.21 bits per heavy atom. The molecule has 1 aliphatic heterocycles. The first-order valence-corrected chi connectivity index (χ1v) is 6.74. The van der Waals surface area contributed by atoms with Crippen molar-refractivity contribution in [1.82, 2.24) is 10.2 Å². The average Bonchev–Trinajstić information content (AvgIpc) is 2.13. The van der Waals surface area contributed by atoms with Crippen molar-refractivity contribution in [3.05, 3.63) is 0 Å². The fourth-order valence-electron chi connectivity index (χ4n) is 1.53. The van der Waals surface area contributed by atoms with Gasteiger partial charge in [-0.2, -0.15) is 11.8 Å². The van der Waals surface area contributed by atoms with Crippen molar-refractivity contribution in [1.29, 1.82) is 0 Å². The molecule has 0 atom stereocenters. The van der Waals surface area contributed by atoms with E-state index in [-0.39, 0.29) is 0 Å². The molecular formula is C11H24N2S. The van der Waals surface area contributed by atoms with Crippen LogP contribution >= 0.6 is 11.8 Å². The van der Waals surface area contributed by atoms with E-state index in [0.717, 1.165) is 13.1 Å². The highest BCUT2D eigenvalue weighted by Crippen LogP contribution is 2.10. The first-order chi connectivity index (χ1) is 6.58. The van der Waals surface area contributed by atoms with E-state index in [2.05, 4.69) is 42.7 Å². The zero-order valence-electron chi connectivity index (χ0n) is 9.81. The molecule has 14 heavy (non-hydrogen) atoms. The molecule has 3 heteroatoms. The number of nitrogens with one attached hydrogen (secondary N) is 1. The standard InChI is InChI=1S/C11H24N2S/c1-11(2,3)10-12-4-5-13-6-8-14-9-7-13/h12H,4-10H2,1-3H3. The smallest absolute Gasteiger partial charge is 0.0107 e. The Kier molecular flexibility index (Phi) is 5.28. The van der Waals surface area contributed by atoms with Crippen LogP contribution in [0.5, 0.6) is 0 Å². The SMILES string of the molecule is CC(C)(C)CNCCN1CCSCC1. The van der Waals surface area contributed by atoms with Crippen LogP contribution in [0.15, 0.2) is 0 Å². The predicted molar refractivity (Wildman–Crippen MR) is 66.1 cm³/mol. The van der Waals surface area contributed by atoms with Crippen LogP contribution in [0, 0.1) is 5.41 Å². The molecule has 0 aromatic carbocycles. The summed E-state index contributed by atoms with van der Waals surface area (Å²) in [5.74, 6) is 2.64. The molecule has 1 N–H and O–H groups in total. The van der Waals surface area contributed by atoms with E-state index in [1.807, 2.05) is 0 Å². The van der Waals surface area contributed by atoms with Gasteiger partial charge in [-0.05, 0) is 5.41 Å². The monoisotopic (exact) mass is 216 g/mol. The van der Waals surface area contributed by atoms with E-state index in [1.165, 1.54) is 31.1 Å². The minimum absolute atomic E-state index is 0.414. The number of hydrogen-bond donors (Lipinski definition) is 1. The van der Waals surface area contributed by atoms with E-state index < -0.39 is 0 Å². The lowest BCUT2D eigenvalue weighted by molar-refractivity contribution is 0.290. The van der Waals surface area contributed by atoms with Crippen LogP contribution in [0.2, 0.25) is 0 Å². The van der Waals surface area contributed by atoms with Crippen LogP contribution in [0.4, 0.5) is 0 Å². The van der Waals surface area contributed by atoms with Crippen molar-refractivity contribution < 1.29 is 0 Å². The molecule has 0 radical (unpaired) electrons. The van der Waals surface area contributed by atoms with Crippen LogP contribution in [-0.2, 0) is 0 Å². The lowest BCUT2D eigenvalue weighted by Crippen LogP contribution is -2.39. The van der Waals surface area contributed by atoms with Crippen molar-refractivity contribution in [2.24, 2.45) is 5.41 Å². The lowest BCUT2D eigenvalue weighted by Gasteiger charge is -2.27. The van der Waals surface area contributed by atoms with E-state index in [9.17, 15) is 0 Å². The van der Waals surface area contributed by atoms with Crippen molar-refractivity contribution in [2.75, 3.05) is 44.2 Å². The van der Waals surface area contributed by atoms with Gasteiger partial charge in [0.2, 0.25) is 0 Å². The van der Waals surface area contributed by atoms with Gasteiger partial charge in [-0.25, -0.2) is 0 Å². The molecular weight excluding hydrogens is 192 g/mol. The zero-order valence-corrected chi connectivity index (χ0v) is 10.6. The van der Waals surface area contributed by atoms with Crippen molar-refractivity contribution in [2.45, 2.75) is 20.8 Å². The van der Waals surface area contributed by atoms with Gasteiger partial charge in [-0.3, -0.25) is 0 Å². The summed E-state index contributed by atoms with van der Waals surface area (Å²) in [6.07, 6.45) is 0. The quantitative estimate of drug-likeness (QED) is 0.720. The van der Waals surface area contributed by atoms with Crippen molar-refractivity contribution in [3.8, 4) is 0 Å². The molecule has 0 aromatic rings. The Morgan fingerprint density at radius 3 is 2.43 bits per heavy atom. The summed E-state index contributed by atoms with van der Waals surface area (Å²) in [5.41, 5.74) is 0.414. The van der Waals surface area contributed by atoms with Crippen LogP contribution in [0.25, 0.3) is 0 Å². The van der Waals surface area contributed by atoms with E-state index >= 15 is 0 Å². The predicted octanol–water partition coefficient (Wildman–Crippen LogP) is 1.67. The summed E-state index contributed by atoms with van der Waals surface area (Å²) >= 11 is 2.08. The first-order valence-electron chi connectivity index (χ1n) is 5.59. The molecule has 1 fully saturated rings. The lowest BCUT2D eigenvalue weighted by atomic mass is 9.97. The van der Waals surface area contributed by atoms with E-state index in [0.29, 0.717) is 5.41 Å². The Labute approximate surface area is 92.8 Å². The van der Waals surface area contributed by atoms with Gasteiger partial charge >= 0.3 is 0 Å². The minimum Gasteiger partial charge on any atom is -0.315 e. The Morgan fingerprint density at radius 2 is 1.86 bits per heavy atom. The number of nitrogens with zero attached hydrogens (tertiary/aromatic N) is 1. The van der Waals surface area contributed by atoms with Crippen LogP contribution in [-0.4, -0.2) is 49.1 Å². The summed E-state index contributed by atoms with van der Waals surface area (Å²) in [6.45, 7) is 12.9. The maximum Gasteiger partial charge on any atom is 0.0107 e. The molecule has 1 saturated heterocycles. The van der Waals surface area contributed by atoms with E-state index in [1.54, 1.807) is 0 Å². The number of hydrogen-bond acceptors (Lipinski definition) is 3. The second-order valence-electron chi connectivity index (χ2n) is 5.19. The van der Waals surface area contributed by atoms with Gasteiger partial charge in [0.05, 0.1) is 0 Å². The topological polar surface area (TPSA) is 15.3 Å². The van der Waals surface area contributed by atoms with Gasteiger partial charge in [0, 0.05) is 44.2 Å². The maximum atomic E-state index is 3.52. The largest absolute Gasteiger partial charge is 0.315 e.